The lowest BCUT2D eigenvalue weighted by atomic mass is 9.88. The van der Waals surface area contributed by atoms with Crippen molar-refractivity contribution in [2.45, 2.75) is 57.1 Å². The van der Waals surface area contributed by atoms with Crippen molar-refractivity contribution >= 4 is 17.6 Å². The van der Waals surface area contributed by atoms with Gasteiger partial charge in [-0.1, -0.05) is 11.6 Å². The van der Waals surface area contributed by atoms with Gasteiger partial charge in [-0.15, -0.1) is 0 Å². The molecule has 2 aliphatic heterocycles. The molecule has 1 aliphatic carbocycles. The molecule has 0 bridgehead atoms. The van der Waals surface area contributed by atoms with Crippen molar-refractivity contribution in [3.8, 4) is 0 Å². The summed E-state index contributed by atoms with van der Waals surface area (Å²) in [5, 5.41) is 2.81. The highest BCUT2D eigenvalue weighted by atomic mass is 16.5. The van der Waals surface area contributed by atoms with E-state index in [1.807, 2.05) is 4.90 Å². The second-order valence-corrected chi connectivity index (χ2v) is 7.61. The molecule has 1 aromatic rings. The maximum Gasteiger partial charge on any atom is 0.230 e. The summed E-state index contributed by atoms with van der Waals surface area (Å²) in [5.41, 5.74) is 1.24. The van der Waals surface area contributed by atoms with E-state index in [2.05, 4.69) is 21.4 Å². The Morgan fingerprint density at radius 2 is 2.22 bits per heavy atom. The van der Waals surface area contributed by atoms with Gasteiger partial charge in [0.2, 0.25) is 11.8 Å². The van der Waals surface area contributed by atoms with Crippen molar-refractivity contribution in [1.82, 2.24) is 14.9 Å². The lowest BCUT2D eigenvalue weighted by Gasteiger charge is -2.40. The van der Waals surface area contributed by atoms with Gasteiger partial charge in [-0.25, -0.2) is 4.98 Å². The van der Waals surface area contributed by atoms with Crippen molar-refractivity contribution in [1.29, 1.82) is 0 Å². The molecule has 0 unspecified atom stereocenters. The highest BCUT2D eigenvalue weighted by molar-refractivity contribution is 5.92. The first-order chi connectivity index (χ1) is 13.2. The van der Waals surface area contributed by atoms with E-state index < -0.39 is 0 Å². The van der Waals surface area contributed by atoms with Crippen LogP contribution >= 0.6 is 0 Å². The molecule has 0 saturated carbocycles. The van der Waals surface area contributed by atoms with Crippen LogP contribution in [0.2, 0.25) is 0 Å². The number of carbonyl (C=O) groups excluding carboxylic acids is 2. The maximum absolute atomic E-state index is 13.0. The normalized spacial score (nSPS) is 27.6. The van der Waals surface area contributed by atoms with Crippen LogP contribution in [0.25, 0.3) is 0 Å². The Hall–Kier alpha value is -2.28. The first kappa shape index (κ1) is 18.1. The zero-order chi connectivity index (χ0) is 18.6. The smallest absolute Gasteiger partial charge is 0.230 e. The van der Waals surface area contributed by atoms with Gasteiger partial charge in [-0.05, 0) is 38.5 Å². The van der Waals surface area contributed by atoms with Crippen LogP contribution in [-0.4, -0.2) is 52.0 Å². The number of aromatic nitrogens is 2. The average Bonchev–Trinajstić information content (AvgIpc) is 3.17. The minimum Gasteiger partial charge on any atom is -0.376 e. The number of nitrogens with zero attached hydrogens (tertiary/aromatic N) is 3. The Morgan fingerprint density at radius 1 is 1.30 bits per heavy atom. The van der Waals surface area contributed by atoms with E-state index in [0.717, 1.165) is 25.7 Å². The summed E-state index contributed by atoms with van der Waals surface area (Å²) in [4.78, 5) is 35.7. The Kier molecular flexibility index (Phi) is 5.48. The number of ether oxygens (including phenoxy) is 1. The van der Waals surface area contributed by atoms with Crippen molar-refractivity contribution in [2.75, 3.05) is 18.5 Å². The number of allylic oxidation sites excluding steroid dienone is 1. The number of fused-ring (bicyclic) bond motifs is 1. The highest BCUT2D eigenvalue weighted by Crippen LogP contribution is 2.33. The topological polar surface area (TPSA) is 84.4 Å². The molecule has 7 heteroatoms. The summed E-state index contributed by atoms with van der Waals surface area (Å²) in [6, 6.07) is 0.0993. The summed E-state index contributed by atoms with van der Waals surface area (Å²) in [6.07, 6.45) is 13.2. The zero-order valence-electron chi connectivity index (χ0n) is 15.5. The molecular weight excluding hydrogens is 344 g/mol. The zero-order valence-corrected chi connectivity index (χ0v) is 15.5. The fraction of sp³-hybridized carbons (Fsp3) is 0.600. The Bertz CT molecular complexity index is 721. The van der Waals surface area contributed by atoms with E-state index in [0.29, 0.717) is 31.8 Å². The summed E-state index contributed by atoms with van der Waals surface area (Å²) in [5.74, 6) is 0.137. The second kappa shape index (κ2) is 8.17. The number of carbonyl (C=O) groups is 2. The maximum atomic E-state index is 13.0. The Labute approximate surface area is 159 Å². The van der Waals surface area contributed by atoms with Crippen LogP contribution in [0.5, 0.6) is 0 Å². The van der Waals surface area contributed by atoms with Gasteiger partial charge >= 0.3 is 0 Å². The van der Waals surface area contributed by atoms with E-state index in [-0.39, 0.29) is 29.9 Å². The van der Waals surface area contributed by atoms with E-state index in [4.69, 9.17) is 4.74 Å². The molecule has 0 aromatic carbocycles. The van der Waals surface area contributed by atoms with Crippen LogP contribution in [0.15, 0.2) is 30.2 Å². The average molecular weight is 370 g/mol. The molecule has 0 spiro atoms. The number of hydrogen-bond donors (Lipinski definition) is 1. The van der Waals surface area contributed by atoms with Gasteiger partial charge in [0.25, 0.3) is 0 Å². The molecule has 27 heavy (non-hydrogen) atoms. The van der Waals surface area contributed by atoms with E-state index in [1.165, 1.54) is 18.2 Å². The largest absolute Gasteiger partial charge is 0.376 e. The summed E-state index contributed by atoms with van der Waals surface area (Å²) < 4.78 is 5.84. The van der Waals surface area contributed by atoms with E-state index in [1.54, 1.807) is 12.4 Å². The molecule has 1 aromatic heterocycles. The molecule has 7 nitrogen and oxygen atoms in total. The lowest BCUT2D eigenvalue weighted by Crippen LogP contribution is -2.54. The van der Waals surface area contributed by atoms with Gasteiger partial charge in [0.1, 0.15) is 0 Å². The first-order valence-corrected chi connectivity index (χ1v) is 9.86. The predicted molar refractivity (Wildman–Crippen MR) is 99.8 cm³/mol. The van der Waals surface area contributed by atoms with Gasteiger partial charge in [0.05, 0.1) is 24.3 Å². The van der Waals surface area contributed by atoms with Crippen LogP contribution in [0.1, 0.15) is 44.9 Å². The molecule has 1 N–H and O–H groups in total. The molecular formula is C20H26N4O3. The number of nitrogens with one attached hydrogen (secondary N) is 1. The van der Waals surface area contributed by atoms with Crippen molar-refractivity contribution in [2.24, 2.45) is 5.92 Å². The molecule has 2 amide bonds. The summed E-state index contributed by atoms with van der Waals surface area (Å²) in [6.45, 7) is 1.10. The second-order valence-electron chi connectivity index (χ2n) is 7.61. The van der Waals surface area contributed by atoms with Gasteiger partial charge in [0.15, 0.2) is 5.82 Å². The molecule has 3 atom stereocenters. The summed E-state index contributed by atoms with van der Waals surface area (Å²) >= 11 is 0. The van der Waals surface area contributed by atoms with Crippen LogP contribution in [0.4, 0.5) is 5.82 Å². The van der Waals surface area contributed by atoms with E-state index >= 15 is 0 Å². The fourth-order valence-electron chi connectivity index (χ4n) is 4.38. The molecule has 4 rings (SSSR count). The van der Waals surface area contributed by atoms with Crippen LogP contribution in [0, 0.1) is 5.92 Å². The molecule has 3 heterocycles. The van der Waals surface area contributed by atoms with Crippen molar-refractivity contribution in [3.63, 3.8) is 0 Å². The number of anilines is 1. The van der Waals surface area contributed by atoms with Crippen molar-refractivity contribution < 1.29 is 14.3 Å². The van der Waals surface area contributed by atoms with Gasteiger partial charge in [0, 0.05) is 32.0 Å². The third-order valence-corrected chi connectivity index (χ3v) is 5.78. The monoisotopic (exact) mass is 370 g/mol. The molecule has 0 radical (unpaired) electrons. The SMILES string of the molecule is O=C(Nc1cnccn1)[C@@H]1C[C@H]2OCC[C@H]2N(C(=O)CC2=CCCCC2)C1. The number of amides is 2. The summed E-state index contributed by atoms with van der Waals surface area (Å²) in [7, 11) is 0. The number of likely N-dealkylation sites (tertiary alicyclic amines) is 1. The standard InChI is InChI=1S/C20H26N4O3/c25-19(10-14-4-2-1-3-5-14)24-13-15(11-17-16(24)6-9-27-17)20(26)23-18-12-21-7-8-22-18/h4,7-8,12,15-17H,1-3,5-6,9-11,13H2,(H,22,23,26)/t15-,16-,17-/m1/s1. The van der Waals surface area contributed by atoms with E-state index in [9.17, 15) is 9.59 Å². The molecule has 144 valence electrons. The number of rotatable bonds is 4. The van der Waals surface area contributed by atoms with Gasteiger partial charge < -0.3 is 15.0 Å². The lowest BCUT2D eigenvalue weighted by molar-refractivity contribution is -0.140. The number of piperidine rings is 1. The van der Waals surface area contributed by atoms with Gasteiger partial charge in [-0.2, -0.15) is 0 Å². The Balaban J connectivity index is 1.44. The van der Waals surface area contributed by atoms with Crippen molar-refractivity contribution in [3.05, 3.63) is 30.2 Å². The Morgan fingerprint density at radius 3 is 3.00 bits per heavy atom. The molecule has 3 aliphatic rings. The van der Waals surface area contributed by atoms with Gasteiger partial charge in [-0.3, -0.25) is 14.6 Å². The fourth-order valence-corrected chi connectivity index (χ4v) is 4.38. The third kappa shape index (κ3) is 4.18. The number of hydrogen-bond acceptors (Lipinski definition) is 5. The van der Waals surface area contributed by atoms with Crippen LogP contribution < -0.4 is 5.32 Å². The third-order valence-electron chi connectivity index (χ3n) is 5.78. The minimum atomic E-state index is -0.296. The minimum absolute atomic E-state index is 0.0550. The predicted octanol–water partition coefficient (Wildman–Crippen LogP) is 2.31. The first-order valence-electron chi connectivity index (χ1n) is 9.86. The van der Waals surface area contributed by atoms with Crippen LogP contribution in [0.3, 0.4) is 0 Å². The quantitative estimate of drug-likeness (QED) is 0.822. The molecule has 2 saturated heterocycles. The highest BCUT2D eigenvalue weighted by Gasteiger charge is 2.44. The molecule has 2 fully saturated rings. The van der Waals surface area contributed by atoms with Crippen LogP contribution in [-0.2, 0) is 14.3 Å².